The molecule has 18 heavy (non-hydrogen) atoms. The Balaban J connectivity index is 2.52. The van der Waals surface area contributed by atoms with Crippen LogP contribution >= 0.6 is 11.8 Å². The van der Waals surface area contributed by atoms with Crippen LogP contribution in [0.25, 0.3) is 11.1 Å². The van der Waals surface area contributed by atoms with Gasteiger partial charge in [0, 0.05) is 4.90 Å². The zero-order chi connectivity index (χ0) is 13.1. The first-order chi connectivity index (χ1) is 8.63. The molecule has 0 amide bonds. The Bertz CT molecular complexity index is 593. The van der Waals surface area contributed by atoms with Crippen LogP contribution < -0.4 is 0 Å². The summed E-state index contributed by atoms with van der Waals surface area (Å²) in [4.78, 5) is 11.9. The summed E-state index contributed by atoms with van der Waals surface area (Å²) in [6, 6.07) is 12.4. The van der Waals surface area contributed by atoms with Crippen molar-refractivity contribution in [2.75, 3.05) is 6.26 Å². The fraction of sp³-hybridized carbons (Fsp3) is 0.0714. The molecule has 0 unspecified atom stereocenters. The molecule has 0 aliphatic carbocycles. The van der Waals surface area contributed by atoms with Crippen LogP contribution in [0.4, 0.5) is 0 Å². The molecule has 3 nitrogen and oxygen atoms in total. The van der Waals surface area contributed by atoms with Gasteiger partial charge in [0.25, 0.3) is 0 Å². The molecule has 0 atom stereocenters. The number of carboxylic acids is 1. The van der Waals surface area contributed by atoms with Crippen molar-refractivity contribution in [1.29, 1.82) is 0 Å². The van der Waals surface area contributed by atoms with Gasteiger partial charge in [-0.25, -0.2) is 4.79 Å². The molecule has 4 heteroatoms. The second-order valence-electron chi connectivity index (χ2n) is 3.74. The Morgan fingerprint density at radius 2 is 1.89 bits per heavy atom. The third kappa shape index (κ3) is 2.33. The van der Waals surface area contributed by atoms with Gasteiger partial charge < -0.3 is 10.2 Å². The van der Waals surface area contributed by atoms with Crippen LogP contribution in [0.15, 0.2) is 47.4 Å². The summed E-state index contributed by atoms with van der Waals surface area (Å²) < 4.78 is 0. The summed E-state index contributed by atoms with van der Waals surface area (Å²) in [7, 11) is 0. The first kappa shape index (κ1) is 12.5. The fourth-order valence-electron chi connectivity index (χ4n) is 1.76. The Labute approximate surface area is 109 Å². The molecular formula is C14H12O3S. The van der Waals surface area contributed by atoms with Crippen molar-refractivity contribution in [3.05, 3.63) is 48.0 Å². The van der Waals surface area contributed by atoms with Crippen molar-refractivity contribution >= 4 is 17.7 Å². The minimum atomic E-state index is -1.13. The predicted molar refractivity (Wildman–Crippen MR) is 72.3 cm³/mol. The summed E-state index contributed by atoms with van der Waals surface area (Å²) in [6.07, 6.45) is 1.98. The van der Waals surface area contributed by atoms with Gasteiger partial charge in [0.05, 0.1) is 0 Å². The van der Waals surface area contributed by atoms with E-state index in [9.17, 15) is 9.90 Å². The first-order valence-corrected chi connectivity index (χ1v) is 6.55. The number of phenols is 1. The minimum absolute atomic E-state index is 0.0830. The molecule has 0 spiro atoms. The van der Waals surface area contributed by atoms with Crippen LogP contribution in [-0.4, -0.2) is 22.4 Å². The quantitative estimate of drug-likeness (QED) is 0.829. The van der Waals surface area contributed by atoms with Gasteiger partial charge in [0.2, 0.25) is 0 Å². The third-order valence-corrected chi connectivity index (χ3v) is 3.44. The van der Waals surface area contributed by atoms with E-state index in [1.54, 1.807) is 17.8 Å². The molecule has 92 valence electrons. The van der Waals surface area contributed by atoms with E-state index in [-0.39, 0.29) is 11.3 Å². The van der Waals surface area contributed by atoms with Crippen molar-refractivity contribution in [2.24, 2.45) is 0 Å². The Hall–Kier alpha value is -1.94. The SMILES string of the molecule is CSc1ccccc1-c1ccc(C(=O)O)c(O)c1. The summed E-state index contributed by atoms with van der Waals surface area (Å²) in [5, 5.41) is 18.6. The number of hydrogen-bond acceptors (Lipinski definition) is 3. The lowest BCUT2D eigenvalue weighted by Gasteiger charge is -2.08. The molecule has 2 aromatic carbocycles. The zero-order valence-electron chi connectivity index (χ0n) is 9.75. The molecule has 0 radical (unpaired) electrons. The van der Waals surface area contributed by atoms with Crippen LogP contribution in [0.2, 0.25) is 0 Å². The van der Waals surface area contributed by atoms with E-state index in [4.69, 9.17) is 5.11 Å². The Kier molecular flexibility index (Phi) is 3.58. The summed E-state index contributed by atoms with van der Waals surface area (Å²) in [5.74, 6) is -1.34. The lowest BCUT2D eigenvalue weighted by atomic mass is 10.0. The average Bonchev–Trinajstić information content (AvgIpc) is 2.38. The summed E-state index contributed by atoms with van der Waals surface area (Å²) in [5.41, 5.74) is 1.71. The maximum absolute atomic E-state index is 10.8. The largest absolute Gasteiger partial charge is 0.507 e. The van der Waals surface area contributed by atoms with E-state index in [0.717, 1.165) is 16.0 Å². The van der Waals surface area contributed by atoms with Crippen molar-refractivity contribution in [3.63, 3.8) is 0 Å². The van der Waals surface area contributed by atoms with Gasteiger partial charge in [-0.3, -0.25) is 0 Å². The van der Waals surface area contributed by atoms with Gasteiger partial charge in [0.1, 0.15) is 11.3 Å². The molecule has 2 N–H and O–H groups in total. The first-order valence-electron chi connectivity index (χ1n) is 5.33. The number of carbonyl (C=O) groups is 1. The van der Waals surface area contributed by atoms with Crippen molar-refractivity contribution in [1.82, 2.24) is 0 Å². The number of carboxylic acid groups (broad SMARTS) is 1. The molecule has 2 aromatic rings. The van der Waals surface area contributed by atoms with Gasteiger partial charge in [-0.2, -0.15) is 0 Å². The average molecular weight is 260 g/mol. The van der Waals surface area contributed by atoms with Crippen molar-refractivity contribution < 1.29 is 15.0 Å². The van der Waals surface area contributed by atoms with Gasteiger partial charge >= 0.3 is 5.97 Å². The number of thioether (sulfide) groups is 1. The van der Waals surface area contributed by atoms with Gasteiger partial charge in [-0.15, -0.1) is 11.8 Å². The minimum Gasteiger partial charge on any atom is -0.507 e. The highest BCUT2D eigenvalue weighted by Gasteiger charge is 2.11. The number of benzene rings is 2. The third-order valence-electron chi connectivity index (χ3n) is 2.65. The van der Waals surface area contributed by atoms with Crippen molar-refractivity contribution in [2.45, 2.75) is 4.90 Å². The monoisotopic (exact) mass is 260 g/mol. The zero-order valence-corrected chi connectivity index (χ0v) is 10.6. The van der Waals surface area contributed by atoms with Crippen LogP contribution in [-0.2, 0) is 0 Å². The lowest BCUT2D eigenvalue weighted by molar-refractivity contribution is 0.0694. The molecule has 0 saturated carbocycles. The molecule has 2 rings (SSSR count). The highest BCUT2D eigenvalue weighted by Crippen LogP contribution is 2.32. The molecule has 0 fully saturated rings. The fourth-order valence-corrected chi connectivity index (χ4v) is 2.38. The number of aromatic hydroxyl groups is 1. The second kappa shape index (κ2) is 5.14. The number of hydrogen-bond donors (Lipinski definition) is 2. The van der Waals surface area contributed by atoms with E-state index in [1.165, 1.54) is 12.1 Å². The van der Waals surface area contributed by atoms with Crippen LogP contribution in [0, 0.1) is 0 Å². The Morgan fingerprint density at radius 3 is 2.50 bits per heavy atom. The van der Waals surface area contributed by atoms with Gasteiger partial charge in [0.15, 0.2) is 0 Å². The number of rotatable bonds is 3. The predicted octanol–water partition coefficient (Wildman–Crippen LogP) is 3.48. The molecule has 0 aliphatic heterocycles. The molecule has 0 aromatic heterocycles. The van der Waals surface area contributed by atoms with E-state index in [2.05, 4.69) is 0 Å². The number of aromatic carboxylic acids is 1. The maximum atomic E-state index is 10.8. The normalized spacial score (nSPS) is 10.3. The molecular weight excluding hydrogens is 248 g/mol. The van der Waals surface area contributed by atoms with Gasteiger partial charge in [-0.1, -0.05) is 24.3 Å². The topological polar surface area (TPSA) is 57.5 Å². The van der Waals surface area contributed by atoms with Crippen molar-refractivity contribution in [3.8, 4) is 16.9 Å². The van der Waals surface area contributed by atoms with Gasteiger partial charge in [-0.05, 0) is 35.6 Å². The Morgan fingerprint density at radius 1 is 1.17 bits per heavy atom. The highest BCUT2D eigenvalue weighted by atomic mass is 32.2. The molecule has 0 saturated heterocycles. The van der Waals surface area contributed by atoms with E-state index >= 15 is 0 Å². The second-order valence-corrected chi connectivity index (χ2v) is 4.59. The smallest absolute Gasteiger partial charge is 0.339 e. The molecule has 0 heterocycles. The van der Waals surface area contributed by atoms with E-state index in [0.29, 0.717) is 0 Å². The standard InChI is InChI=1S/C14H12O3S/c1-18-13-5-3-2-4-10(13)9-6-7-11(14(16)17)12(15)8-9/h2-8,15H,1H3,(H,16,17). The molecule has 0 bridgehead atoms. The summed E-state index contributed by atoms with van der Waals surface area (Å²) in [6.45, 7) is 0. The van der Waals surface area contributed by atoms with E-state index < -0.39 is 5.97 Å². The molecule has 0 aliphatic rings. The highest BCUT2D eigenvalue weighted by molar-refractivity contribution is 7.98. The maximum Gasteiger partial charge on any atom is 0.339 e. The van der Waals surface area contributed by atoms with Crippen LogP contribution in [0.3, 0.4) is 0 Å². The van der Waals surface area contributed by atoms with Crippen LogP contribution in [0.1, 0.15) is 10.4 Å². The van der Waals surface area contributed by atoms with Crippen LogP contribution in [0.5, 0.6) is 5.75 Å². The lowest BCUT2D eigenvalue weighted by Crippen LogP contribution is -1.96. The summed E-state index contributed by atoms with van der Waals surface area (Å²) >= 11 is 1.61. The van der Waals surface area contributed by atoms with E-state index in [1.807, 2.05) is 30.5 Å².